The van der Waals surface area contributed by atoms with E-state index in [4.69, 9.17) is 23.2 Å². The molecule has 152 valence electrons. The number of nitrogens with one attached hydrogen (secondary N) is 2. The topological polar surface area (TPSA) is 74.8 Å². The first-order valence-electron chi connectivity index (χ1n) is 8.67. The van der Waals surface area contributed by atoms with Crippen LogP contribution in [0.3, 0.4) is 0 Å². The van der Waals surface area contributed by atoms with Gasteiger partial charge in [-0.2, -0.15) is 0 Å². The van der Waals surface area contributed by atoms with Crippen molar-refractivity contribution >= 4 is 33.0 Å². The Labute approximate surface area is 176 Å². The molecule has 4 rings (SSSR count). The van der Waals surface area contributed by atoms with Crippen molar-refractivity contribution in [3.63, 3.8) is 0 Å². The second-order valence-corrected chi connectivity index (χ2v) is 9.72. The highest BCUT2D eigenvalue weighted by Crippen LogP contribution is 2.34. The second-order valence-electron chi connectivity index (χ2n) is 6.73. The minimum Gasteiger partial charge on any atom is -0.347 e. The highest BCUT2D eigenvalue weighted by atomic mass is 35.5. The maximum atomic E-state index is 13.7. The highest BCUT2D eigenvalue weighted by Gasteiger charge is 2.35. The smallest absolute Gasteiger partial charge is 0.202 e. The number of hydrogen-bond donors (Lipinski definition) is 2. The molecule has 1 aliphatic rings. The van der Waals surface area contributed by atoms with E-state index in [1.165, 1.54) is 42.6 Å². The fourth-order valence-corrected chi connectivity index (χ4v) is 5.00. The SMILES string of the molecule is O=S(=O)(c1c[nH]c(C(c2ccc(F)c(Cl)c2)c2ccc(F)c(Cl)c2)n1)C1CNC1. The van der Waals surface area contributed by atoms with Gasteiger partial charge in [0.2, 0.25) is 9.84 Å². The summed E-state index contributed by atoms with van der Waals surface area (Å²) in [6.07, 6.45) is 1.33. The van der Waals surface area contributed by atoms with Crippen LogP contribution in [0, 0.1) is 11.6 Å². The van der Waals surface area contributed by atoms with Gasteiger partial charge in [-0.05, 0) is 35.4 Å². The van der Waals surface area contributed by atoms with Crippen LogP contribution in [-0.4, -0.2) is 36.7 Å². The summed E-state index contributed by atoms with van der Waals surface area (Å²) in [5.74, 6) is -1.55. The first-order chi connectivity index (χ1) is 13.8. The number of halogens is 4. The van der Waals surface area contributed by atoms with Crippen molar-refractivity contribution in [2.45, 2.75) is 16.2 Å². The summed E-state index contributed by atoms with van der Waals surface area (Å²) in [6.45, 7) is 0.740. The molecule has 2 heterocycles. The minimum absolute atomic E-state index is 0.0783. The Morgan fingerprint density at radius 2 is 1.55 bits per heavy atom. The Hall–Kier alpha value is -2.00. The number of rotatable bonds is 5. The zero-order valence-corrected chi connectivity index (χ0v) is 17.1. The van der Waals surface area contributed by atoms with Crippen LogP contribution in [0.1, 0.15) is 22.9 Å². The van der Waals surface area contributed by atoms with E-state index < -0.39 is 32.6 Å². The van der Waals surface area contributed by atoms with Crippen LogP contribution in [0.4, 0.5) is 8.78 Å². The van der Waals surface area contributed by atoms with Crippen molar-refractivity contribution in [1.82, 2.24) is 15.3 Å². The number of H-pyrrole nitrogens is 1. The van der Waals surface area contributed by atoms with E-state index in [0.717, 1.165) is 0 Å². The third-order valence-electron chi connectivity index (χ3n) is 4.88. The molecular weight excluding hydrogens is 443 g/mol. The van der Waals surface area contributed by atoms with Gasteiger partial charge >= 0.3 is 0 Å². The average Bonchev–Trinajstić information content (AvgIpc) is 3.10. The largest absolute Gasteiger partial charge is 0.347 e. The summed E-state index contributed by atoms with van der Waals surface area (Å²) < 4.78 is 52.6. The molecule has 1 fully saturated rings. The molecule has 2 N–H and O–H groups in total. The summed E-state index contributed by atoms with van der Waals surface area (Å²) in [5.41, 5.74) is 1.09. The average molecular weight is 458 g/mol. The standard InChI is InChI=1S/C19H15Cl2F2N3O2S/c20-13-5-10(1-3-15(13)22)18(11-2-4-16(23)14(21)6-11)19-25-9-17(26-19)29(27,28)12-7-24-8-12/h1-6,9,12,18,24H,7-8H2,(H,25,26). The molecular formula is C19H15Cl2F2N3O2S. The maximum Gasteiger partial charge on any atom is 0.202 e. The van der Waals surface area contributed by atoms with Gasteiger partial charge in [-0.25, -0.2) is 22.2 Å². The van der Waals surface area contributed by atoms with Gasteiger partial charge in [-0.15, -0.1) is 0 Å². The van der Waals surface area contributed by atoms with E-state index in [0.29, 0.717) is 30.0 Å². The molecule has 0 atom stereocenters. The summed E-state index contributed by atoms with van der Waals surface area (Å²) >= 11 is 11.9. The maximum absolute atomic E-state index is 13.7. The molecule has 10 heteroatoms. The first kappa shape index (κ1) is 20.3. The van der Waals surface area contributed by atoms with Gasteiger partial charge in [0.05, 0.1) is 21.2 Å². The number of imidazole rings is 1. The van der Waals surface area contributed by atoms with Gasteiger partial charge in [0, 0.05) is 19.3 Å². The molecule has 1 aliphatic heterocycles. The summed E-state index contributed by atoms with van der Waals surface area (Å²) in [7, 11) is -3.59. The lowest BCUT2D eigenvalue weighted by Gasteiger charge is -2.25. The summed E-state index contributed by atoms with van der Waals surface area (Å²) in [6, 6.07) is 8.27. The third-order valence-corrected chi connectivity index (χ3v) is 7.46. The summed E-state index contributed by atoms with van der Waals surface area (Å²) in [4.78, 5) is 7.19. The number of aromatic amines is 1. The van der Waals surface area contributed by atoms with Gasteiger partial charge in [0.1, 0.15) is 17.5 Å². The zero-order chi connectivity index (χ0) is 20.8. The monoisotopic (exact) mass is 457 g/mol. The molecule has 29 heavy (non-hydrogen) atoms. The number of nitrogens with zero attached hydrogens (tertiary/aromatic N) is 1. The Kier molecular flexibility index (Phi) is 5.37. The fourth-order valence-electron chi connectivity index (χ4n) is 3.16. The van der Waals surface area contributed by atoms with Crippen molar-refractivity contribution in [3.05, 3.63) is 81.2 Å². The van der Waals surface area contributed by atoms with Crippen LogP contribution >= 0.6 is 23.2 Å². The summed E-state index contributed by atoms with van der Waals surface area (Å²) in [5, 5.41) is 2.12. The Morgan fingerprint density at radius 1 is 1.00 bits per heavy atom. The van der Waals surface area contributed by atoms with Crippen molar-refractivity contribution in [3.8, 4) is 0 Å². The van der Waals surface area contributed by atoms with E-state index in [9.17, 15) is 17.2 Å². The molecule has 0 aliphatic carbocycles. The predicted molar refractivity (Wildman–Crippen MR) is 106 cm³/mol. The highest BCUT2D eigenvalue weighted by molar-refractivity contribution is 7.92. The van der Waals surface area contributed by atoms with Gasteiger partial charge in [-0.1, -0.05) is 35.3 Å². The molecule has 2 aromatic carbocycles. The minimum atomic E-state index is -3.59. The van der Waals surface area contributed by atoms with Crippen LogP contribution in [0.25, 0.3) is 0 Å². The fraction of sp³-hybridized carbons (Fsp3) is 0.211. The lowest BCUT2D eigenvalue weighted by Crippen LogP contribution is -2.51. The van der Waals surface area contributed by atoms with Crippen molar-refractivity contribution in [1.29, 1.82) is 0 Å². The molecule has 5 nitrogen and oxygen atoms in total. The van der Waals surface area contributed by atoms with Crippen molar-refractivity contribution in [2.24, 2.45) is 0 Å². The van der Waals surface area contributed by atoms with Gasteiger partial charge in [-0.3, -0.25) is 0 Å². The third kappa shape index (κ3) is 3.77. The van der Waals surface area contributed by atoms with Crippen LogP contribution in [0.2, 0.25) is 10.0 Å². The zero-order valence-electron chi connectivity index (χ0n) is 14.8. The number of aromatic nitrogens is 2. The van der Waals surface area contributed by atoms with E-state index in [-0.39, 0.29) is 15.1 Å². The van der Waals surface area contributed by atoms with E-state index in [1.807, 2.05) is 0 Å². The van der Waals surface area contributed by atoms with Crippen molar-refractivity contribution in [2.75, 3.05) is 13.1 Å². The van der Waals surface area contributed by atoms with Crippen LogP contribution in [0.15, 0.2) is 47.6 Å². The molecule has 0 unspecified atom stereocenters. The normalized spacial score (nSPS) is 14.9. The molecule has 1 saturated heterocycles. The van der Waals surface area contributed by atoms with Gasteiger partial charge in [0.15, 0.2) is 5.03 Å². The van der Waals surface area contributed by atoms with E-state index in [2.05, 4.69) is 15.3 Å². The van der Waals surface area contributed by atoms with E-state index >= 15 is 0 Å². The molecule has 0 amide bonds. The van der Waals surface area contributed by atoms with Crippen LogP contribution in [0.5, 0.6) is 0 Å². The Morgan fingerprint density at radius 3 is 2.00 bits per heavy atom. The van der Waals surface area contributed by atoms with Crippen LogP contribution in [-0.2, 0) is 9.84 Å². The van der Waals surface area contributed by atoms with E-state index in [1.54, 1.807) is 0 Å². The predicted octanol–water partition coefficient (Wildman–Crippen LogP) is 3.92. The number of hydrogen-bond acceptors (Lipinski definition) is 4. The number of benzene rings is 2. The molecule has 0 spiro atoms. The number of sulfone groups is 1. The second kappa shape index (κ2) is 7.68. The first-order valence-corrected chi connectivity index (χ1v) is 11.0. The van der Waals surface area contributed by atoms with Crippen molar-refractivity contribution < 1.29 is 17.2 Å². The molecule has 0 radical (unpaired) electrons. The molecule has 0 bridgehead atoms. The quantitative estimate of drug-likeness (QED) is 0.608. The lowest BCUT2D eigenvalue weighted by atomic mass is 9.90. The lowest BCUT2D eigenvalue weighted by molar-refractivity contribution is 0.493. The molecule has 3 aromatic rings. The molecule has 0 saturated carbocycles. The van der Waals surface area contributed by atoms with Crippen LogP contribution < -0.4 is 5.32 Å². The Bertz CT molecular complexity index is 1130. The van der Waals surface area contributed by atoms with Gasteiger partial charge in [0.25, 0.3) is 0 Å². The Balaban J connectivity index is 1.82. The molecule has 1 aromatic heterocycles. The van der Waals surface area contributed by atoms with Gasteiger partial charge < -0.3 is 10.3 Å².